The van der Waals surface area contributed by atoms with Gasteiger partial charge in [-0.3, -0.25) is 9.10 Å². The number of carbonyl (C=O) groups excluding carboxylic acids is 1. The van der Waals surface area contributed by atoms with Crippen LogP contribution in [0.5, 0.6) is 0 Å². The molecule has 7 heteroatoms. The highest BCUT2D eigenvalue weighted by atomic mass is 32.2. The van der Waals surface area contributed by atoms with Gasteiger partial charge in [0.1, 0.15) is 28.1 Å². The van der Waals surface area contributed by atoms with Gasteiger partial charge in [0.25, 0.3) is 5.91 Å². The molecule has 0 spiro atoms. The Hall–Kier alpha value is -2.93. The first kappa shape index (κ1) is 21.3. The van der Waals surface area contributed by atoms with Gasteiger partial charge in [-0.2, -0.15) is 0 Å². The third-order valence-corrected chi connectivity index (χ3v) is 7.03. The van der Waals surface area contributed by atoms with E-state index in [2.05, 4.69) is 25.7 Å². The van der Waals surface area contributed by atoms with Crippen molar-refractivity contribution in [3.8, 4) is 11.3 Å². The van der Waals surface area contributed by atoms with Crippen molar-refractivity contribution in [3.05, 3.63) is 59.9 Å². The Morgan fingerprint density at radius 3 is 2.55 bits per heavy atom. The van der Waals surface area contributed by atoms with Crippen LogP contribution in [0, 0.1) is 11.2 Å². The molecule has 1 unspecified atom stereocenters. The summed E-state index contributed by atoms with van der Waals surface area (Å²) < 4.78 is 34.0. The van der Waals surface area contributed by atoms with Crippen molar-refractivity contribution in [2.24, 2.45) is 5.41 Å². The van der Waals surface area contributed by atoms with E-state index in [0.717, 1.165) is 23.2 Å². The lowest BCUT2D eigenvalue weighted by Gasteiger charge is -2.25. The highest BCUT2D eigenvalue weighted by Gasteiger charge is 2.33. The second-order valence-corrected chi connectivity index (χ2v) is 9.68. The number of fused-ring (bicyclic) bond motifs is 2. The second-order valence-electron chi connectivity index (χ2n) is 8.40. The van der Waals surface area contributed by atoms with Crippen LogP contribution in [-0.2, 0) is 11.0 Å². The minimum absolute atomic E-state index is 0.201. The molecule has 4 rings (SSSR count). The molecule has 1 aliphatic heterocycles. The number of halogens is 1. The van der Waals surface area contributed by atoms with Gasteiger partial charge in [0.05, 0.1) is 11.3 Å². The van der Waals surface area contributed by atoms with Crippen LogP contribution in [0.25, 0.3) is 27.9 Å². The molecule has 1 atom stereocenters. The van der Waals surface area contributed by atoms with Gasteiger partial charge in [0.15, 0.2) is 0 Å². The number of carbonyl (C=O) groups is 1. The first-order chi connectivity index (χ1) is 14.6. The Bertz CT molecular complexity index is 1230. The fraction of sp³-hybridized carbons (Fsp3) is 0.292. The van der Waals surface area contributed by atoms with Crippen LogP contribution in [0.1, 0.15) is 36.2 Å². The summed E-state index contributed by atoms with van der Waals surface area (Å²) in [6, 6.07) is 9.56. The first-order valence-corrected chi connectivity index (χ1v) is 11.5. The molecule has 5 nitrogen and oxygen atoms in total. The van der Waals surface area contributed by atoms with Gasteiger partial charge in [-0.1, -0.05) is 20.4 Å². The quantitative estimate of drug-likeness (QED) is 0.613. The van der Waals surface area contributed by atoms with Gasteiger partial charge < -0.3 is 9.73 Å². The fourth-order valence-electron chi connectivity index (χ4n) is 4.02. The minimum Gasteiger partial charge on any atom is -0.455 e. The van der Waals surface area contributed by atoms with E-state index >= 15 is 0 Å². The number of benzene rings is 2. The number of allylic oxidation sites excluding steroid dienone is 1. The molecular weight excluding hydrogens is 415 g/mol. The molecule has 1 aromatic heterocycles. The smallest absolute Gasteiger partial charge is 0.255 e. The predicted octanol–water partition coefficient (Wildman–Crippen LogP) is 5.14. The molecule has 0 saturated carbocycles. The van der Waals surface area contributed by atoms with E-state index in [0.29, 0.717) is 34.4 Å². The Kier molecular flexibility index (Phi) is 5.25. The number of nitrogens with zero attached hydrogens (tertiary/aromatic N) is 1. The summed E-state index contributed by atoms with van der Waals surface area (Å²) in [5.41, 5.74) is 3.82. The SMILES string of the molecule is C=C1c2cc3c(C(=O)NC)c(-c4ccc(F)cc4)oc3cc2N(S(C)=O)CCC1(C)C. The maximum absolute atomic E-state index is 13.5. The van der Waals surface area contributed by atoms with Crippen molar-refractivity contribution < 1.29 is 17.8 Å². The van der Waals surface area contributed by atoms with Gasteiger partial charge in [-0.05, 0) is 47.7 Å². The largest absolute Gasteiger partial charge is 0.455 e. The number of anilines is 1. The summed E-state index contributed by atoms with van der Waals surface area (Å²) in [7, 11) is 0.325. The van der Waals surface area contributed by atoms with E-state index in [9.17, 15) is 13.4 Å². The van der Waals surface area contributed by atoms with Crippen molar-refractivity contribution in [2.45, 2.75) is 20.3 Å². The molecule has 1 N–H and O–H groups in total. The van der Waals surface area contributed by atoms with E-state index in [1.54, 1.807) is 25.4 Å². The zero-order valence-electron chi connectivity index (χ0n) is 18.0. The topological polar surface area (TPSA) is 62.6 Å². The third-order valence-electron chi connectivity index (χ3n) is 6.03. The summed E-state index contributed by atoms with van der Waals surface area (Å²) in [5, 5.41) is 3.31. The average molecular weight is 441 g/mol. The highest BCUT2D eigenvalue weighted by Crippen LogP contribution is 2.47. The Morgan fingerprint density at radius 1 is 1.26 bits per heavy atom. The number of hydrogen-bond donors (Lipinski definition) is 1. The normalized spacial score (nSPS) is 16.7. The molecule has 2 heterocycles. The van der Waals surface area contributed by atoms with Gasteiger partial charge in [-0.15, -0.1) is 0 Å². The van der Waals surface area contributed by atoms with Crippen LogP contribution in [0.15, 0.2) is 47.4 Å². The molecular formula is C24H25FN2O3S. The van der Waals surface area contributed by atoms with Crippen molar-refractivity contribution in [1.82, 2.24) is 5.32 Å². The summed E-state index contributed by atoms with van der Waals surface area (Å²) in [5.74, 6) is -0.302. The van der Waals surface area contributed by atoms with Crippen LogP contribution in [0.2, 0.25) is 0 Å². The molecule has 31 heavy (non-hydrogen) atoms. The predicted molar refractivity (Wildman–Crippen MR) is 124 cm³/mol. The van der Waals surface area contributed by atoms with E-state index in [4.69, 9.17) is 4.42 Å². The molecule has 2 aromatic carbocycles. The zero-order valence-corrected chi connectivity index (χ0v) is 18.9. The Labute approximate surface area is 183 Å². The molecule has 0 aliphatic carbocycles. The highest BCUT2D eigenvalue weighted by molar-refractivity contribution is 7.85. The number of nitrogens with one attached hydrogen (secondary N) is 1. The maximum Gasteiger partial charge on any atom is 0.255 e. The van der Waals surface area contributed by atoms with Gasteiger partial charge in [0, 0.05) is 42.4 Å². The van der Waals surface area contributed by atoms with Crippen LogP contribution in [-0.4, -0.2) is 30.0 Å². The van der Waals surface area contributed by atoms with Crippen molar-refractivity contribution >= 4 is 39.1 Å². The lowest BCUT2D eigenvalue weighted by molar-refractivity contribution is 0.0964. The molecule has 3 aromatic rings. The van der Waals surface area contributed by atoms with Crippen molar-refractivity contribution in [3.63, 3.8) is 0 Å². The standard InChI is InChI=1S/C24H25FN2O3S/c1-14-17-12-18-20(13-19(17)27(31(5)29)11-10-24(14,2)3)30-22(21(18)23(28)26-4)15-6-8-16(25)9-7-15/h6-9,12-13H,1,10-11H2,2-5H3,(H,26,28). The monoisotopic (exact) mass is 440 g/mol. The zero-order chi connectivity index (χ0) is 22.5. The lowest BCUT2D eigenvalue weighted by atomic mass is 9.79. The summed E-state index contributed by atoms with van der Waals surface area (Å²) >= 11 is 0. The lowest BCUT2D eigenvalue weighted by Crippen LogP contribution is -2.27. The molecule has 0 saturated heterocycles. The van der Waals surface area contributed by atoms with Gasteiger partial charge in [-0.25, -0.2) is 8.60 Å². The number of hydrogen-bond acceptors (Lipinski definition) is 3. The fourth-order valence-corrected chi connectivity index (χ4v) is 4.80. The molecule has 1 aliphatic rings. The van der Waals surface area contributed by atoms with Crippen LogP contribution in [0.3, 0.4) is 0 Å². The number of furan rings is 1. The Balaban J connectivity index is 2.04. The van der Waals surface area contributed by atoms with Gasteiger partial charge >= 0.3 is 0 Å². The Morgan fingerprint density at radius 2 is 1.94 bits per heavy atom. The number of rotatable bonds is 3. The summed E-state index contributed by atoms with van der Waals surface area (Å²) in [4.78, 5) is 12.8. The molecule has 0 fully saturated rings. The van der Waals surface area contributed by atoms with Crippen LogP contribution >= 0.6 is 0 Å². The van der Waals surface area contributed by atoms with E-state index in [1.165, 1.54) is 12.1 Å². The van der Waals surface area contributed by atoms with E-state index in [1.807, 2.05) is 16.4 Å². The molecule has 0 radical (unpaired) electrons. The van der Waals surface area contributed by atoms with Crippen LogP contribution in [0.4, 0.5) is 10.1 Å². The van der Waals surface area contributed by atoms with Crippen molar-refractivity contribution in [2.75, 3.05) is 24.2 Å². The van der Waals surface area contributed by atoms with Gasteiger partial charge in [0.2, 0.25) is 0 Å². The second kappa shape index (κ2) is 7.64. The average Bonchev–Trinajstić information content (AvgIpc) is 3.06. The minimum atomic E-state index is -1.23. The molecule has 0 bridgehead atoms. The molecule has 1 amide bonds. The van der Waals surface area contributed by atoms with Crippen molar-refractivity contribution in [1.29, 1.82) is 0 Å². The van der Waals surface area contributed by atoms with E-state index < -0.39 is 11.0 Å². The summed E-state index contributed by atoms with van der Waals surface area (Å²) in [6.07, 6.45) is 2.45. The number of amides is 1. The maximum atomic E-state index is 13.5. The third kappa shape index (κ3) is 3.57. The molecule has 162 valence electrons. The van der Waals surface area contributed by atoms with Crippen LogP contribution < -0.4 is 9.62 Å². The first-order valence-electron chi connectivity index (χ1n) is 10.0. The summed E-state index contributed by atoms with van der Waals surface area (Å²) in [6.45, 7) is 9.18. The van der Waals surface area contributed by atoms with E-state index in [-0.39, 0.29) is 17.1 Å².